The second-order valence-electron chi connectivity index (χ2n) is 5.33. The van der Waals surface area contributed by atoms with Crippen molar-refractivity contribution in [3.8, 4) is 5.75 Å². The van der Waals surface area contributed by atoms with Gasteiger partial charge in [-0.05, 0) is 82.8 Å². The Morgan fingerprint density at radius 2 is 1.27 bits per heavy atom. The molecule has 1 atom stereocenters. The van der Waals surface area contributed by atoms with Crippen LogP contribution in [0.3, 0.4) is 0 Å². The van der Waals surface area contributed by atoms with Crippen LogP contribution in [0.4, 0.5) is 0 Å². The van der Waals surface area contributed by atoms with E-state index in [0.717, 1.165) is 6.42 Å². The molecular weight excluding hydrogens is 395 g/mol. The molecule has 1 aromatic carbocycles. The summed E-state index contributed by atoms with van der Waals surface area (Å²) in [7, 11) is 0. The van der Waals surface area contributed by atoms with Gasteiger partial charge in [0.25, 0.3) is 0 Å². The van der Waals surface area contributed by atoms with Crippen LogP contribution in [-0.2, 0) is 26.2 Å². The van der Waals surface area contributed by atoms with Gasteiger partial charge in [-0.1, -0.05) is 43.5 Å². The van der Waals surface area contributed by atoms with Crippen molar-refractivity contribution in [2.24, 2.45) is 5.92 Å². The van der Waals surface area contributed by atoms with Gasteiger partial charge in [-0.3, -0.25) is 0 Å². The molecule has 0 aromatic heterocycles. The van der Waals surface area contributed by atoms with E-state index in [1.54, 1.807) is 24.3 Å². The minimum absolute atomic E-state index is 0. The molecule has 2 fully saturated rings. The number of hydrogen-bond donors (Lipinski definition) is 1. The van der Waals surface area contributed by atoms with Gasteiger partial charge in [0.05, 0.1) is 0 Å². The fourth-order valence-corrected chi connectivity index (χ4v) is 1.82. The predicted octanol–water partition coefficient (Wildman–Crippen LogP) is 6.25. The summed E-state index contributed by atoms with van der Waals surface area (Å²) in [6.45, 7) is 9.70. The van der Waals surface area contributed by atoms with E-state index in [1.807, 2.05) is 76.4 Å². The van der Waals surface area contributed by atoms with Gasteiger partial charge in [0.1, 0.15) is 5.75 Å². The Morgan fingerprint density at radius 3 is 1.42 bits per heavy atom. The monoisotopic (exact) mass is 425 g/mol. The Kier molecular flexibility index (Phi) is 24.3. The van der Waals surface area contributed by atoms with Crippen molar-refractivity contribution in [1.29, 1.82) is 0 Å². The topological polar surface area (TPSA) is 20.2 Å². The molecular formula is C24H31OZr-. The molecule has 138 valence electrons. The number of rotatable bonds is 4. The maximum atomic E-state index is 8.63. The molecule has 0 spiro atoms. The van der Waals surface area contributed by atoms with Gasteiger partial charge in [-0.15, -0.1) is 6.58 Å². The Labute approximate surface area is 182 Å². The summed E-state index contributed by atoms with van der Waals surface area (Å²) >= 11 is 0. The molecule has 0 heterocycles. The number of para-hydroxylation sites is 1. The van der Waals surface area contributed by atoms with Gasteiger partial charge in [0.2, 0.25) is 0 Å². The summed E-state index contributed by atoms with van der Waals surface area (Å²) in [5.41, 5.74) is 0. The number of phenolic OH excluding ortho intramolecular Hbond substituents is 1. The molecule has 1 unspecified atom stereocenters. The normalized spacial score (nSPS) is 15.6. The van der Waals surface area contributed by atoms with Crippen LogP contribution >= 0.6 is 0 Å². The first-order valence-corrected chi connectivity index (χ1v) is 8.73. The molecule has 1 nitrogen and oxygen atoms in total. The summed E-state index contributed by atoms with van der Waals surface area (Å²) in [5, 5.41) is 8.63. The second-order valence-corrected chi connectivity index (χ2v) is 5.33. The van der Waals surface area contributed by atoms with Crippen molar-refractivity contribution in [2.75, 3.05) is 0 Å². The van der Waals surface area contributed by atoms with Gasteiger partial charge < -0.3 is 12.0 Å². The summed E-state index contributed by atoms with van der Waals surface area (Å²) < 4.78 is 0. The Morgan fingerprint density at radius 1 is 0.885 bits per heavy atom. The largest absolute Gasteiger partial charge is 0.508 e. The average Bonchev–Trinajstić information content (AvgIpc) is 3.39. The zero-order valence-electron chi connectivity index (χ0n) is 15.8. The van der Waals surface area contributed by atoms with Crippen molar-refractivity contribution in [2.45, 2.75) is 26.2 Å². The molecule has 2 heteroatoms. The van der Waals surface area contributed by atoms with Crippen molar-refractivity contribution >= 4 is 0 Å². The molecule has 0 saturated heterocycles. The summed E-state index contributed by atoms with van der Waals surface area (Å²) in [6, 6.07) is 8.71. The third-order valence-corrected chi connectivity index (χ3v) is 3.23. The summed E-state index contributed by atoms with van der Waals surface area (Å²) in [4.78, 5) is 0. The minimum Gasteiger partial charge on any atom is -0.508 e. The first-order valence-electron chi connectivity index (χ1n) is 8.73. The van der Waals surface area contributed by atoms with E-state index in [4.69, 9.17) is 5.11 Å². The molecule has 3 rings (SSSR count). The van der Waals surface area contributed by atoms with Gasteiger partial charge in [0.15, 0.2) is 0 Å². The van der Waals surface area contributed by atoms with Gasteiger partial charge >= 0.3 is 0 Å². The van der Waals surface area contributed by atoms with Crippen molar-refractivity contribution in [1.82, 2.24) is 0 Å². The third kappa shape index (κ3) is 20.0. The van der Waals surface area contributed by atoms with Crippen molar-refractivity contribution < 1.29 is 31.3 Å². The van der Waals surface area contributed by atoms with E-state index in [-0.39, 0.29) is 26.2 Å². The molecule has 1 N–H and O–H groups in total. The first-order chi connectivity index (χ1) is 12.2. The van der Waals surface area contributed by atoms with E-state index in [2.05, 4.69) is 20.4 Å². The van der Waals surface area contributed by atoms with Crippen LogP contribution in [0.15, 0.2) is 43.0 Å². The summed E-state index contributed by atoms with van der Waals surface area (Å²) in [6.07, 6.45) is 25.5. The van der Waals surface area contributed by atoms with Crippen LogP contribution in [0.2, 0.25) is 0 Å². The van der Waals surface area contributed by atoms with E-state index < -0.39 is 0 Å². The summed E-state index contributed by atoms with van der Waals surface area (Å²) in [5.74, 6) is 0.975. The van der Waals surface area contributed by atoms with Crippen molar-refractivity contribution in [3.05, 3.63) is 114 Å². The fraction of sp³-hybridized carbons (Fsp3) is 0.208. The molecule has 1 aromatic rings. The molecule has 2 aliphatic carbocycles. The number of hydrogen-bond acceptors (Lipinski definition) is 1. The number of benzene rings is 1. The van der Waals surface area contributed by atoms with Crippen LogP contribution in [-0.4, -0.2) is 5.11 Å². The van der Waals surface area contributed by atoms with Crippen LogP contribution in [0, 0.1) is 77.0 Å². The van der Waals surface area contributed by atoms with Crippen LogP contribution in [0.1, 0.15) is 26.2 Å². The smallest absolute Gasteiger partial charge is 0.115 e. The van der Waals surface area contributed by atoms with Gasteiger partial charge in [0, 0.05) is 26.2 Å². The molecule has 10 radical (unpaired) electrons. The van der Waals surface area contributed by atoms with E-state index in [1.165, 1.54) is 12.8 Å². The zero-order chi connectivity index (χ0) is 18.6. The quantitative estimate of drug-likeness (QED) is 0.446. The molecule has 0 amide bonds. The second kappa shape index (κ2) is 22.7. The van der Waals surface area contributed by atoms with Gasteiger partial charge in [-0.2, -0.15) is 6.42 Å². The van der Waals surface area contributed by atoms with Crippen LogP contribution < -0.4 is 0 Å². The standard InChI is InChI=1S/C8H15.C6H6O.2C5H5.Zr/c1-4-7-8(5-2)6-3;7-6-4-2-1-3-5-6;2*1-2-4-5-3-1;/h5,8H,2-4,6-7H2,1H3;1-5,7H;2*1-5H;/q-1;;;;. The Hall–Kier alpha value is -0.357. The van der Waals surface area contributed by atoms with E-state index in [0.29, 0.717) is 11.7 Å². The predicted molar refractivity (Wildman–Crippen MR) is 110 cm³/mol. The Balaban J connectivity index is 0. The SMILES string of the molecule is C=CC(C[CH2-])CCC.Oc1ccccc1.[CH]1[CH][CH][CH][CH]1.[CH]1[CH][CH][CH][CH]1.[Zr]. The average molecular weight is 427 g/mol. The molecule has 2 aliphatic rings. The van der Waals surface area contributed by atoms with Gasteiger partial charge in [-0.25, -0.2) is 0 Å². The van der Waals surface area contributed by atoms with E-state index >= 15 is 0 Å². The zero-order valence-corrected chi connectivity index (χ0v) is 18.3. The number of aromatic hydroxyl groups is 1. The number of phenols is 1. The Bertz CT molecular complexity index is 344. The minimum atomic E-state index is 0. The van der Waals surface area contributed by atoms with E-state index in [9.17, 15) is 0 Å². The third-order valence-electron chi connectivity index (χ3n) is 3.23. The maximum absolute atomic E-state index is 8.63. The molecule has 0 bridgehead atoms. The molecule has 0 aliphatic heterocycles. The molecule has 26 heavy (non-hydrogen) atoms. The first kappa shape index (κ1) is 27.9. The number of allylic oxidation sites excluding steroid dienone is 1. The maximum Gasteiger partial charge on any atom is 0.115 e. The molecule has 2 saturated carbocycles. The van der Waals surface area contributed by atoms with Crippen molar-refractivity contribution in [3.63, 3.8) is 0 Å². The fourth-order valence-electron chi connectivity index (χ4n) is 1.82. The van der Waals surface area contributed by atoms with Crippen LogP contribution in [0.25, 0.3) is 0 Å². The van der Waals surface area contributed by atoms with Crippen LogP contribution in [0.5, 0.6) is 5.75 Å².